The summed E-state index contributed by atoms with van der Waals surface area (Å²) in [4.78, 5) is 18.0. The van der Waals surface area contributed by atoms with E-state index in [1.807, 2.05) is 12.1 Å². The van der Waals surface area contributed by atoms with Crippen molar-refractivity contribution < 1.29 is 23.9 Å². The van der Waals surface area contributed by atoms with E-state index in [0.717, 1.165) is 35.4 Å². The van der Waals surface area contributed by atoms with Gasteiger partial charge in [0.25, 0.3) is 0 Å². The minimum absolute atomic E-state index is 0.184. The molecule has 0 atom stereocenters. The SMILES string of the molecule is O=C(O)c1cccc(CN2CCOc3nc(OCc4c(-c5c(Cl)cccc5Cl)noc4C4CC4)ccc32)c1. The molecule has 0 bridgehead atoms. The Morgan fingerprint density at radius 1 is 1.11 bits per heavy atom. The van der Waals surface area contributed by atoms with Crippen molar-refractivity contribution in [2.24, 2.45) is 0 Å². The molecule has 6 rings (SSSR count). The predicted octanol–water partition coefficient (Wildman–Crippen LogP) is 6.60. The molecule has 2 aromatic carbocycles. The fraction of sp³-hybridized carbons (Fsp3) is 0.250. The van der Waals surface area contributed by atoms with Gasteiger partial charge in [0.05, 0.1) is 27.7 Å². The third kappa shape index (κ3) is 4.89. The van der Waals surface area contributed by atoms with Crippen molar-refractivity contribution in [1.29, 1.82) is 0 Å². The van der Waals surface area contributed by atoms with Crippen LogP contribution in [0.15, 0.2) is 59.1 Å². The van der Waals surface area contributed by atoms with Crippen LogP contribution >= 0.6 is 23.2 Å². The van der Waals surface area contributed by atoms with Gasteiger partial charge in [-0.25, -0.2) is 4.79 Å². The van der Waals surface area contributed by atoms with Gasteiger partial charge in [-0.05, 0) is 48.7 Å². The predicted molar refractivity (Wildman–Crippen MR) is 142 cm³/mol. The average molecular weight is 552 g/mol. The van der Waals surface area contributed by atoms with Crippen molar-refractivity contribution in [3.63, 3.8) is 0 Å². The molecule has 2 aliphatic rings. The number of aromatic carboxylic acids is 1. The molecule has 1 N–H and O–H groups in total. The third-order valence-electron chi connectivity index (χ3n) is 6.63. The number of carbonyl (C=O) groups is 1. The van der Waals surface area contributed by atoms with Crippen LogP contribution in [0.2, 0.25) is 10.0 Å². The minimum Gasteiger partial charge on any atom is -0.478 e. The lowest BCUT2D eigenvalue weighted by atomic mass is 10.0. The highest BCUT2D eigenvalue weighted by Crippen LogP contribution is 2.46. The number of carboxylic acid groups (broad SMARTS) is 1. The minimum atomic E-state index is -0.949. The fourth-order valence-electron chi connectivity index (χ4n) is 4.60. The molecule has 4 aromatic rings. The maximum atomic E-state index is 11.3. The van der Waals surface area contributed by atoms with Crippen molar-refractivity contribution in [2.45, 2.75) is 31.9 Å². The second-order valence-corrected chi connectivity index (χ2v) is 10.1. The van der Waals surface area contributed by atoms with E-state index < -0.39 is 5.97 Å². The largest absolute Gasteiger partial charge is 0.478 e. The molecule has 10 heteroatoms. The second-order valence-electron chi connectivity index (χ2n) is 9.28. The second kappa shape index (κ2) is 10.2. The number of ether oxygens (including phenoxy) is 2. The molecular formula is C28H23Cl2N3O5. The highest BCUT2D eigenvalue weighted by Gasteiger charge is 2.34. The maximum Gasteiger partial charge on any atom is 0.335 e. The zero-order valence-corrected chi connectivity index (χ0v) is 21.7. The van der Waals surface area contributed by atoms with Gasteiger partial charge in [-0.15, -0.1) is 0 Å². The molecule has 3 heterocycles. The van der Waals surface area contributed by atoms with Crippen LogP contribution in [0.4, 0.5) is 5.69 Å². The lowest BCUT2D eigenvalue weighted by Crippen LogP contribution is -2.32. The molecule has 194 valence electrons. The Morgan fingerprint density at radius 2 is 1.89 bits per heavy atom. The molecule has 1 aliphatic heterocycles. The number of benzene rings is 2. The topological polar surface area (TPSA) is 97.9 Å². The van der Waals surface area contributed by atoms with Gasteiger partial charge >= 0.3 is 5.97 Å². The van der Waals surface area contributed by atoms with Crippen LogP contribution < -0.4 is 14.4 Å². The van der Waals surface area contributed by atoms with Crippen LogP contribution in [-0.4, -0.2) is 34.4 Å². The third-order valence-corrected chi connectivity index (χ3v) is 7.26. The first-order chi connectivity index (χ1) is 18.5. The molecular weight excluding hydrogens is 529 g/mol. The Hall–Kier alpha value is -3.75. The van der Waals surface area contributed by atoms with Crippen LogP contribution in [0.5, 0.6) is 11.8 Å². The average Bonchev–Trinajstić information content (AvgIpc) is 3.67. The van der Waals surface area contributed by atoms with Crippen LogP contribution in [0, 0.1) is 0 Å². The number of halogens is 2. The van der Waals surface area contributed by atoms with E-state index in [9.17, 15) is 9.90 Å². The number of aromatic nitrogens is 2. The number of rotatable bonds is 8. The molecule has 8 nitrogen and oxygen atoms in total. The molecule has 1 saturated carbocycles. The number of carboxylic acids is 1. The molecule has 0 unspecified atom stereocenters. The maximum absolute atomic E-state index is 11.3. The van der Waals surface area contributed by atoms with Crippen LogP contribution in [-0.2, 0) is 13.2 Å². The van der Waals surface area contributed by atoms with E-state index in [-0.39, 0.29) is 12.2 Å². The quantitative estimate of drug-likeness (QED) is 0.261. The van der Waals surface area contributed by atoms with E-state index >= 15 is 0 Å². The summed E-state index contributed by atoms with van der Waals surface area (Å²) in [6.45, 7) is 1.82. The van der Waals surface area contributed by atoms with Gasteiger partial charge in [0.15, 0.2) is 0 Å². The molecule has 1 aliphatic carbocycles. The summed E-state index contributed by atoms with van der Waals surface area (Å²) < 4.78 is 17.7. The Kier molecular flexibility index (Phi) is 6.59. The Bertz CT molecular complexity index is 1500. The number of anilines is 1. The summed E-state index contributed by atoms with van der Waals surface area (Å²) in [5.74, 6) is 1.02. The molecule has 0 saturated heterocycles. The summed E-state index contributed by atoms with van der Waals surface area (Å²) in [7, 11) is 0. The van der Waals surface area contributed by atoms with Gasteiger partial charge in [0.1, 0.15) is 30.4 Å². The van der Waals surface area contributed by atoms with Crippen molar-refractivity contribution >= 4 is 34.9 Å². The van der Waals surface area contributed by atoms with Crippen LogP contribution in [0.25, 0.3) is 11.3 Å². The van der Waals surface area contributed by atoms with Crippen LogP contribution in [0.1, 0.15) is 46.0 Å². The summed E-state index contributed by atoms with van der Waals surface area (Å²) in [5, 5.41) is 14.6. The zero-order valence-electron chi connectivity index (χ0n) is 20.2. The normalized spacial score (nSPS) is 14.6. The highest BCUT2D eigenvalue weighted by molar-refractivity contribution is 6.39. The smallest absolute Gasteiger partial charge is 0.335 e. The van der Waals surface area contributed by atoms with Gasteiger partial charge in [0, 0.05) is 24.1 Å². The summed E-state index contributed by atoms with van der Waals surface area (Å²) in [6, 6.07) is 15.9. The molecule has 0 amide bonds. The molecule has 2 aromatic heterocycles. The molecule has 38 heavy (non-hydrogen) atoms. The van der Waals surface area contributed by atoms with Crippen molar-refractivity contribution in [1.82, 2.24) is 10.1 Å². The number of fused-ring (bicyclic) bond motifs is 1. The van der Waals surface area contributed by atoms with Crippen molar-refractivity contribution in [3.05, 3.63) is 87.1 Å². The van der Waals surface area contributed by atoms with E-state index in [1.165, 1.54) is 0 Å². The van der Waals surface area contributed by atoms with Gasteiger partial charge in [-0.2, -0.15) is 4.98 Å². The van der Waals surface area contributed by atoms with Crippen molar-refractivity contribution in [2.75, 3.05) is 18.1 Å². The summed E-state index contributed by atoms with van der Waals surface area (Å²) in [5.41, 5.74) is 3.97. The zero-order chi connectivity index (χ0) is 26.2. The number of nitrogens with zero attached hydrogens (tertiary/aromatic N) is 3. The Morgan fingerprint density at radius 3 is 2.66 bits per heavy atom. The number of hydrogen-bond acceptors (Lipinski definition) is 7. The summed E-state index contributed by atoms with van der Waals surface area (Å²) >= 11 is 12.9. The number of hydrogen-bond donors (Lipinski definition) is 1. The monoisotopic (exact) mass is 551 g/mol. The van der Waals surface area contributed by atoms with E-state index in [0.29, 0.717) is 58.7 Å². The fourth-order valence-corrected chi connectivity index (χ4v) is 5.17. The molecule has 0 radical (unpaired) electrons. The summed E-state index contributed by atoms with van der Waals surface area (Å²) in [6.07, 6.45) is 2.07. The van der Waals surface area contributed by atoms with E-state index in [1.54, 1.807) is 42.5 Å². The van der Waals surface area contributed by atoms with E-state index in [4.69, 9.17) is 37.2 Å². The lowest BCUT2D eigenvalue weighted by Gasteiger charge is -2.30. The number of pyridine rings is 1. The van der Waals surface area contributed by atoms with Gasteiger partial charge in [-0.1, -0.05) is 46.6 Å². The molecule has 1 fully saturated rings. The Labute approximate surface area is 228 Å². The first kappa shape index (κ1) is 24.6. The Balaban J connectivity index is 1.23. The first-order valence-corrected chi connectivity index (χ1v) is 13.0. The van der Waals surface area contributed by atoms with Crippen molar-refractivity contribution in [3.8, 4) is 23.0 Å². The highest BCUT2D eigenvalue weighted by atomic mass is 35.5. The van der Waals surface area contributed by atoms with Crippen LogP contribution in [0.3, 0.4) is 0 Å². The lowest BCUT2D eigenvalue weighted by molar-refractivity contribution is 0.0696. The van der Waals surface area contributed by atoms with Gasteiger partial charge < -0.3 is 24.0 Å². The van der Waals surface area contributed by atoms with Gasteiger partial charge in [0.2, 0.25) is 11.8 Å². The van der Waals surface area contributed by atoms with Gasteiger partial charge in [-0.3, -0.25) is 0 Å². The molecule has 0 spiro atoms. The standard InChI is InChI=1S/C28H23Cl2N3O5/c29-20-5-2-6-21(30)24(20)25-19(26(38-32-25)17-7-8-17)15-37-23-10-9-22-27(31-23)36-12-11-33(22)14-16-3-1-4-18(13-16)28(34)35/h1-6,9-10,13,17H,7-8,11-12,14-15H2,(H,34,35). The van der Waals surface area contributed by atoms with E-state index in [2.05, 4.69) is 15.0 Å². The first-order valence-electron chi connectivity index (χ1n) is 12.2.